The molecule has 1 unspecified atom stereocenters. The summed E-state index contributed by atoms with van der Waals surface area (Å²) in [7, 11) is 0. The minimum atomic E-state index is -0.423. The largest absolute Gasteiger partial charge is 0.379 e. The maximum atomic E-state index is 13.7. The van der Waals surface area contributed by atoms with E-state index in [0.717, 1.165) is 31.6 Å². The second-order valence-corrected chi connectivity index (χ2v) is 6.03. The third-order valence-corrected chi connectivity index (χ3v) is 4.46. The van der Waals surface area contributed by atoms with E-state index < -0.39 is 6.04 Å². The molecule has 5 nitrogen and oxygen atoms in total. The number of nitrogens with zero attached hydrogens (tertiary/aromatic N) is 2. The van der Waals surface area contributed by atoms with Gasteiger partial charge in [-0.3, -0.25) is 9.69 Å². The number of morpholine rings is 1. The highest BCUT2D eigenvalue weighted by Gasteiger charge is 2.32. The minimum Gasteiger partial charge on any atom is -0.379 e. The SMILES string of the molecule is O=C(C(c1cccc(F)c1)N1CCOCC1)N1CCCNCC1. The van der Waals surface area contributed by atoms with Crippen LogP contribution in [0.4, 0.5) is 4.39 Å². The second-order valence-electron chi connectivity index (χ2n) is 6.03. The fourth-order valence-corrected chi connectivity index (χ4v) is 3.26. The fraction of sp³-hybridized carbons (Fsp3) is 0.588. The van der Waals surface area contributed by atoms with Gasteiger partial charge in [-0.1, -0.05) is 12.1 Å². The Bertz CT molecular complexity index is 526. The molecule has 0 aliphatic carbocycles. The van der Waals surface area contributed by atoms with Crippen LogP contribution in [0.5, 0.6) is 0 Å². The molecular weight excluding hydrogens is 297 g/mol. The van der Waals surface area contributed by atoms with Gasteiger partial charge in [0.1, 0.15) is 11.9 Å². The smallest absolute Gasteiger partial charge is 0.244 e. The average Bonchev–Trinajstić information content (AvgIpc) is 2.85. The first-order valence-electron chi connectivity index (χ1n) is 8.32. The van der Waals surface area contributed by atoms with Gasteiger partial charge in [-0.05, 0) is 30.7 Å². The van der Waals surface area contributed by atoms with Crippen LogP contribution in [0.1, 0.15) is 18.0 Å². The molecule has 0 saturated carbocycles. The van der Waals surface area contributed by atoms with Crippen molar-refractivity contribution in [2.75, 3.05) is 52.5 Å². The molecule has 1 N–H and O–H groups in total. The van der Waals surface area contributed by atoms with Crippen LogP contribution >= 0.6 is 0 Å². The molecule has 0 aromatic heterocycles. The van der Waals surface area contributed by atoms with E-state index >= 15 is 0 Å². The second kappa shape index (κ2) is 7.86. The van der Waals surface area contributed by atoms with Crippen molar-refractivity contribution in [3.05, 3.63) is 35.6 Å². The molecule has 1 aromatic rings. The average molecular weight is 321 g/mol. The predicted molar refractivity (Wildman–Crippen MR) is 85.6 cm³/mol. The van der Waals surface area contributed by atoms with Gasteiger partial charge in [0.15, 0.2) is 0 Å². The zero-order chi connectivity index (χ0) is 16.1. The molecule has 0 radical (unpaired) electrons. The Morgan fingerprint density at radius 3 is 2.78 bits per heavy atom. The number of rotatable bonds is 3. The highest BCUT2D eigenvalue weighted by atomic mass is 19.1. The predicted octanol–water partition coefficient (Wildman–Crippen LogP) is 1.02. The molecule has 126 valence electrons. The van der Waals surface area contributed by atoms with Crippen molar-refractivity contribution >= 4 is 5.91 Å². The minimum absolute atomic E-state index is 0.0706. The summed E-state index contributed by atoms with van der Waals surface area (Å²) in [6.45, 7) is 5.81. The first-order chi connectivity index (χ1) is 11.3. The van der Waals surface area contributed by atoms with Gasteiger partial charge in [-0.25, -0.2) is 4.39 Å². The van der Waals surface area contributed by atoms with Gasteiger partial charge in [0, 0.05) is 32.7 Å². The van der Waals surface area contributed by atoms with Gasteiger partial charge in [-0.15, -0.1) is 0 Å². The Morgan fingerprint density at radius 1 is 1.17 bits per heavy atom. The lowest BCUT2D eigenvalue weighted by Crippen LogP contribution is -2.48. The summed E-state index contributed by atoms with van der Waals surface area (Å²) in [5.41, 5.74) is 0.731. The van der Waals surface area contributed by atoms with E-state index in [1.807, 2.05) is 11.0 Å². The topological polar surface area (TPSA) is 44.8 Å². The van der Waals surface area contributed by atoms with E-state index in [2.05, 4.69) is 10.2 Å². The number of carbonyl (C=O) groups is 1. The summed E-state index contributed by atoms with van der Waals surface area (Å²) in [4.78, 5) is 17.2. The number of carbonyl (C=O) groups excluding carboxylic acids is 1. The fourth-order valence-electron chi connectivity index (χ4n) is 3.26. The monoisotopic (exact) mass is 321 g/mol. The first kappa shape index (κ1) is 16.4. The van der Waals surface area contributed by atoms with E-state index in [4.69, 9.17) is 4.74 Å². The highest BCUT2D eigenvalue weighted by molar-refractivity contribution is 5.83. The van der Waals surface area contributed by atoms with Crippen LogP contribution in [0.25, 0.3) is 0 Å². The van der Waals surface area contributed by atoms with Crippen LogP contribution in [-0.4, -0.2) is 68.2 Å². The molecule has 1 atom stereocenters. The Morgan fingerprint density at radius 2 is 2.00 bits per heavy atom. The summed E-state index contributed by atoms with van der Waals surface area (Å²) in [5, 5.41) is 3.31. The third kappa shape index (κ3) is 4.07. The van der Waals surface area contributed by atoms with Crippen molar-refractivity contribution in [3.63, 3.8) is 0 Å². The molecule has 1 amide bonds. The van der Waals surface area contributed by atoms with Crippen LogP contribution < -0.4 is 5.32 Å². The molecule has 0 spiro atoms. The Balaban J connectivity index is 1.85. The number of hydrogen-bond acceptors (Lipinski definition) is 4. The van der Waals surface area contributed by atoms with Crippen molar-refractivity contribution in [2.45, 2.75) is 12.5 Å². The Kier molecular flexibility index (Phi) is 5.59. The highest BCUT2D eigenvalue weighted by Crippen LogP contribution is 2.25. The van der Waals surface area contributed by atoms with Gasteiger partial charge in [0.05, 0.1) is 13.2 Å². The Hall–Kier alpha value is -1.50. The summed E-state index contributed by atoms with van der Waals surface area (Å²) in [5.74, 6) is -0.229. The number of nitrogens with one attached hydrogen (secondary N) is 1. The van der Waals surface area contributed by atoms with E-state index in [0.29, 0.717) is 32.8 Å². The molecule has 1 aromatic carbocycles. The molecule has 2 aliphatic heterocycles. The lowest BCUT2D eigenvalue weighted by atomic mass is 10.0. The van der Waals surface area contributed by atoms with Crippen molar-refractivity contribution in [2.24, 2.45) is 0 Å². The first-order valence-corrected chi connectivity index (χ1v) is 8.32. The zero-order valence-corrected chi connectivity index (χ0v) is 13.3. The molecule has 3 rings (SSSR count). The summed E-state index contributed by atoms with van der Waals surface area (Å²) >= 11 is 0. The van der Waals surface area contributed by atoms with E-state index in [9.17, 15) is 9.18 Å². The molecule has 2 saturated heterocycles. The van der Waals surface area contributed by atoms with Gasteiger partial charge >= 0.3 is 0 Å². The lowest BCUT2D eigenvalue weighted by molar-refractivity contribution is -0.139. The number of ether oxygens (including phenoxy) is 1. The van der Waals surface area contributed by atoms with Gasteiger partial charge in [0.25, 0.3) is 0 Å². The van der Waals surface area contributed by atoms with Crippen LogP contribution in [0.3, 0.4) is 0 Å². The molecule has 2 fully saturated rings. The molecule has 0 bridgehead atoms. The van der Waals surface area contributed by atoms with Crippen LogP contribution in [-0.2, 0) is 9.53 Å². The number of amides is 1. The number of hydrogen-bond donors (Lipinski definition) is 1. The van der Waals surface area contributed by atoms with E-state index in [1.54, 1.807) is 6.07 Å². The van der Waals surface area contributed by atoms with Crippen molar-refractivity contribution in [3.8, 4) is 0 Å². The van der Waals surface area contributed by atoms with Crippen molar-refractivity contribution < 1.29 is 13.9 Å². The van der Waals surface area contributed by atoms with Crippen LogP contribution in [0.15, 0.2) is 24.3 Å². The normalized spacial score (nSPS) is 21.7. The van der Waals surface area contributed by atoms with Crippen LogP contribution in [0, 0.1) is 5.82 Å². The van der Waals surface area contributed by atoms with Crippen molar-refractivity contribution in [1.82, 2.24) is 15.1 Å². The number of halogens is 1. The molecule has 23 heavy (non-hydrogen) atoms. The molecule has 6 heteroatoms. The summed E-state index contributed by atoms with van der Waals surface area (Å²) in [6.07, 6.45) is 0.949. The Labute approximate surface area is 136 Å². The maximum absolute atomic E-state index is 13.7. The van der Waals surface area contributed by atoms with Gasteiger partial charge < -0.3 is 15.0 Å². The van der Waals surface area contributed by atoms with Crippen molar-refractivity contribution in [1.29, 1.82) is 0 Å². The van der Waals surface area contributed by atoms with E-state index in [1.165, 1.54) is 12.1 Å². The third-order valence-electron chi connectivity index (χ3n) is 4.46. The lowest BCUT2D eigenvalue weighted by Gasteiger charge is -2.36. The molecule has 2 heterocycles. The summed E-state index contributed by atoms with van der Waals surface area (Å²) in [6, 6.07) is 5.99. The van der Waals surface area contributed by atoms with Gasteiger partial charge in [0.2, 0.25) is 5.91 Å². The zero-order valence-electron chi connectivity index (χ0n) is 13.3. The maximum Gasteiger partial charge on any atom is 0.244 e. The number of benzene rings is 1. The molecule has 2 aliphatic rings. The summed E-state index contributed by atoms with van der Waals surface area (Å²) < 4.78 is 19.1. The van der Waals surface area contributed by atoms with Gasteiger partial charge in [-0.2, -0.15) is 0 Å². The molecular formula is C17H24FN3O2. The van der Waals surface area contributed by atoms with E-state index in [-0.39, 0.29) is 11.7 Å². The van der Waals surface area contributed by atoms with Crippen LogP contribution in [0.2, 0.25) is 0 Å². The standard InChI is InChI=1S/C17H24FN3O2/c18-15-4-1-3-14(13-15)16(20-9-11-23-12-10-20)17(22)21-7-2-5-19-6-8-21/h1,3-4,13,16,19H,2,5-12H2. The quantitative estimate of drug-likeness (QED) is 0.903.